The molecule has 1 atom stereocenters. The van der Waals surface area contributed by atoms with Gasteiger partial charge in [-0.25, -0.2) is 0 Å². The number of aryl methyl sites for hydroxylation is 1. The molecule has 0 saturated carbocycles. The summed E-state index contributed by atoms with van der Waals surface area (Å²) in [5.74, 6) is -0.193. The Balaban J connectivity index is 2.97. The molecule has 0 aliphatic heterocycles. The molecule has 0 aromatic heterocycles. The van der Waals surface area contributed by atoms with Gasteiger partial charge >= 0.3 is 0 Å². The zero-order chi connectivity index (χ0) is 13.7. The molecule has 0 spiro atoms. The van der Waals surface area contributed by atoms with Crippen molar-refractivity contribution in [2.24, 2.45) is 5.92 Å². The summed E-state index contributed by atoms with van der Waals surface area (Å²) in [4.78, 5) is 14.9. The number of carbonyl (C=O) groups excluding carboxylic acids is 1. The van der Waals surface area contributed by atoms with E-state index in [0.29, 0.717) is 18.7 Å². The number of carbonyl (C=O) groups is 1. The predicted molar refractivity (Wildman–Crippen MR) is 74.8 cm³/mol. The number of nitrogens with zero attached hydrogens (tertiary/aromatic N) is 2. The lowest BCUT2D eigenvalue weighted by atomic mass is 10.1. The third-order valence-corrected chi connectivity index (χ3v) is 3.11. The smallest absolute Gasteiger partial charge is 0.254 e. The minimum Gasteiger partial charge on any atom is -0.338 e. The predicted octanol–water partition coefficient (Wildman–Crippen LogP) is 2.91. The van der Waals surface area contributed by atoms with Gasteiger partial charge in [0.1, 0.15) is 0 Å². The molecule has 0 aliphatic rings. The summed E-state index contributed by atoms with van der Waals surface area (Å²) in [5, 5.41) is 8.83. The second kappa shape index (κ2) is 6.46. The van der Waals surface area contributed by atoms with Gasteiger partial charge in [-0.2, -0.15) is 5.26 Å². The van der Waals surface area contributed by atoms with Gasteiger partial charge in [-0.1, -0.05) is 6.07 Å². The third-order valence-electron chi connectivity index (χ3n) is 2.84. The van der Waals surface area contributed by atoms with Crippen LogP contribution in [0.25, 0.3) is 0 Å². The first-order chi connectivity index (χ1) is 8.49. The Labute approximate surface area is 114 Å². The van der Waals surface area contributed by atoms with Crippen LogP contribution >= 0.6 is 12.6 Å². The van der Waals surface area contributed by atoms with Crippen molar-refractivity contribution in [2.75, 3.05) is 13.1 Å². The van der Waals surface area contributed by atoms with Crippen molar-refractivity contribution in [3.05, 3.63) is 29.3 Å². The molecule has 0 radical (unpaired) electrons. The Morgan fingerprint density at radius 2 is 2.22 bits per heavy atom. The lowest BCUT2D eigenvalue weighted by Crippen LogP contribution is -2.34. The van der Waals surface area contributed by atoms with Crippen molar-refractivity contribution < 1.29 is 4.79 Å². The normalized spacial score (nSPS) is 11.7. The maximum atomic E-state index is 12.4. The average Bonchev–Trinajstić information content (AvgIpc) is 2.37. The van der Waals surface area contributed by atoms with E-state index < -0.39 is 0 Å². The Morgan fingerprint density at radius 1 is 1.56 bits per heavy atom. The van der Waals surface area contributed by atoms with E-state index in [4.69, 9.17) is 5.26 Å². The molecule has 3 nitrogen and oxygen atoms in total. The number of benzene rings is 1. The summed E-state index contributed by atoms with van der Waals surface area (Å²) in [7, 11) is 0. The highest BCUT2D eigenvalue weighted by atomic mass is 32.1. The van der Waals surface area contributed by atoms with Gasteiger partial charge in [-0.05, 0) is 38.5 Å². The zero-order valence-electron chi connectivity index (χ0n) is 11.0. The molecule has 1 unspecified atom stereocenters. The molecule has 4 heteroatoms. The maximum Gasteiger partial charge on any atom is 0.254 e. The van der Waals surface area contributed by atoms with Crippen molar-refractivity contribution >= 4 is 18.5 Å². The molecule has 1 rings (SSSR count). The highest BCUT2D eigenvalue weighted by Gasteiger charge is 2.18. The van der Waals surface area contributed by atoms with Gasteiger partial charge in [-0.15, -0.1) is 12.6 Å². The van der Waals surface area contributed by atoms with Gasteiger partial charge in [-0.3, -0.25) is 4.79 Å². The van der Waals surface area contributed by atoms with Crippen LogP contribution in [-0.2, 0) is 0 Å². The van der Waals surface area contributed by atoms with E-state index in [0.717, 1.165) is 10.5 Å². The Morgan fingerprint density at radius 3 is 2.78 bits per heavy atom. The number of amides is 1. The van der Waals surface area contributed by atoms with Crippen LogP contribution in [0.3, 0.4) is 0 Å². The maximum absolute atomic E-state index is 12.4. The Kier molecular flexibility index (Phi) is 5.24. The molecular weight excluding hydrogens is 244 g/mol. The van der Waals surface area contributed by atoms with E-state index in [1.54, 1.807) is 11.0 Å². The van der Waals surface area contributed by atoms with E-state index >= 15 is 0 Å². The summed E-state index contributed by atoms with van der Waals surface area (Å²) < 4.78 is 0. The van der Waals surface area contributed by atoms with Crippen LogP contribution < -0.4 is 0 Å². The van der Waals surface area contributed by atoms with Gasteiger partial charge in [0, 0.05) is 23.5 Å². The molecule has 0 bridgehead atoms. The molecule has 0 aliphatic carbocycles. The molecule has 1 aromatic rings. The standard InChI is InChI=1S/C14H18N2OS/c1-4-16(9-10(2)8-15)14(17)13-7-12(18)6-5-11(13)3/h5-7,10,18H,4,9H2,1-3H3. The second-order valence-electron chi connectivity index (χ2n) is 4.37. The van der Waals surface area contributed by atoms with Crippen LogP contribution in [0, 0.1) is 24.2 Å². The van der Waals surface area contributed by atoms with Crippen LogP contribution in [-0.4, -0.2) is 23.9 Å². The lowest BCUT2D eigenvalue weighted by molar-refractivity contribution is 0.0751. The topological polar surface area (TPSA) is 44.1 Å². The van der Waals surface area contributed by atoms with Crippen LogP contribution in [0.15, 0.2) is 23.1 Å². The highest BCUT2D eigenvalue weighted by Crippen LogP contribution is 2.16. The summed E-state index contributed by atoms with van der Waals surface area (Å²) in [6.45, 7) is 6.70. The van der Waals surface area contributed by atoms with Crippen LogP contribution in [0.4, 0.5) is 0 Å². The SMILES string of the molecule is CCN(CC(C)C#N)C(=O)c1cc(S)ccc1C. The molecule has 0 saturated heterocycles. The summed E-state index contributed by atoms with van der Waals surface area (Å²) in [5.41, 5.74) is 1.59. The van der Waals surface area contributed by atoms with Crippen molar-refractivity contribution in [1.29, 1.82) is 5.26 Å². The second-order valence-corrected chi connectivity index (χ2v) is 4.89. The van der Waals surface area contributed by atoms with Crippen LogP contribution in [0.1, 0.15) is 29.8 Å². The summed E-state index contributed by atoms with van der Waals surface area (Å²) >= 11 is 4.26. The fraction of sp³-hybridized carbons (Fsp3) is 0.429. The monoisotopic (exact) mass is 262 g/mol. The lowest BCUT2D eigenvalue weighted by Gasteiger charge is -2.23. The zero-order valence-corrected chi connectivity index (χ0v) is 11.9. The minimum atomic E-state index is -0.159. The molecule has 1 amide bonds. The number of hydrogen-bond donors (Lipinski definition) is 1. The number of thiol groups is 1. The highest BCUT2D eigenvalue weighted by molar-refractivity contribution is 7.80. The Bertz CT molecular complexity index is 479. The minimum absolute atomic E-state index is 0.0343. The van der Waals surface area contributed by atoms with E-state index in [2.05, 4.69) is 18.7 Å². The van der Waals surface area contributed by atoms with Crippen molar-refractivity contribution in [2.45, 2.75) is 25.7 Å². The fourth-order valence-electron chi connectivity index (χ4n) is 1.74. The number of nitriles is 1. The van der Waals surface area contributed by atoms with Gasteiger partial charge in [0.25, 0.3) is 5.91 Å². The van der Waals surface area contributed by atoms with Crippen LogP contribution in [0.5, 0.6) is 0 Å². The van der Waals surface area contributed by atoms with Crippen molar-refractivity contribution in [3.63, 3.8) is 0 Å². The van der Waals surface area contributed by atoms with Gasteiger partial charge in [0.15, 0.2) is 0 Å². The largest absolute Gasteiger partial charge is 0.338 e. The van der Waals surface area contributed by atoms with Gasteiger partial charge < -0.3 is 4.90 Å². The Hall–Kier alpha value is -1.47. The van der Waals surface area contributed by atoms with E-state index in [1.807, 2.05) is 32.9 Å². The third kappa shape index (κ3) is 3.51. The van der Waals surface area contributed by atoms with Gasteiger partial charge in [0.05, 0.1) is 12.0 Å². The van der Waals surface area contributed by atoms with E-state index in [9.17, 15) is 4.79 Å². The molecule has 18 heavy (non-hydrogen) atoms. The van der Waals surface area contributed by atoms with Gasteiger partial charge in [0.2, 0.25) is 0 Å². The number of hydrogen-bond acceptors (Lipinski definition) is 3. The number of rotatable bonds is 4. The summed E-state index contributed by atoms with van der Waals surface area (Å²) in [6, 6.07) is 7.68. The average molecular weight is 262 g/mol. The molecule has 0 N–H and O–H groups in total. The van der Waals surface area contributed by atoms with E-state index in [1.165, 1.54) is 0 Å². The molecule has 0 fully saturated rings. The molecule has 1 aromatic carbocycles. The first kappa shape index (κ1) is 14.6. The van der Waals surface area contributed by atoms with E-state index in [-0.39, 0.29) is 11.8 Å². The molecule has 0 heterocycles. The fourth-order valence-corrected chi connectivity index (χ4v) is 1.94. The van der Waals surface area contributed by atoms with Crippen molar-refractivity contribution in [1.82, 2.24) is 4.90 Å². The van der Waals surface area contributed by atoms with Crippen LogP contribution in [0.2, 0.25) is 0 Å². The molecular formula is C14H18N2OS. The quantitative estimate of drug-likeness (QED) is 0.848. The first-order valence-electron chi connectivity index (χ1n) is 5.98. The summed E-state index contributed by atoms with van der Waals surface area (Å²) in [6.07, 6.45) is 0. The first-order valence-corrected chi connectivity index (χ1v) is 6.42. The molecule has 96 valence electrons. The van der Waals surface area contributed by atoms with Crippen molar-refractivity contribution in [3.8, 4) is 6.07 Å².